The predicted molar refractivity (Wildman–Crippen MR) is 120 cm³/mol. The second-order valence-corrected chi connectivity index (χ2v) is 8.53. The number of rotatable bonds is 9. The zero-order chi connectivity index (χ0) is 20.6. The van der Waals surface area contributed by atoms with Crippen LogP contribution in [0.3, 0.4) is 0 Å². The molecule has 1 heterocycles. The van der Waals surface area contributed by atoms with E-state index in [0.29, 0.717) is 32.5 Å². The topological polar surface area (TPSA) is 76.1 Å². The SMILES string of the molecule is C=CCNc1nnc(SC(C(=O)Nc2ccc(OC)c(Cl)c2)c2ccccc2)s1. The molecule has 0 aliphatic rings. The van der Waals surface area contributed by atoms with Gasteiger partial charge in [0.15, 0.2) is 4.34 Å². The molecule has 0 aliphatic heterocycles. The molecule has 9 heteroatoms. The van der Waals surface area contributed by atoms with Crippen molar-refractivity contribution >= 4 is 51.4 Å². The monoisotopic (exact) mass is 446 g/mol. The number of methoxy groups -OCH3 is 1. The molecule has 0 fully saturated rings. The maximum atomic E-state index is 13.1. The van der Waals surface area contributed by atoms with Gasteiger partial charge in [-0.3, -0.25) is 4.79 Å². The minimum Gasteiger partial charge on any atom is -0.495 e. The van der Waals surface area contributed by atoms with Gasteiger partial charge in [0.2, 0.25) is 11.0 Å². The number of benzene rings is 2. The van der Waals surface area contributed by atoms with Gasteiger partial charge in [-0.05, 0) is 23.8 Å². The van der Waals surface area contributed by atoms with Crippen molar-refractivity contribution in [1.29, 1.82) is 0 Å². The van der Waals surface area contributed by atoms with E-state index in [2.05, 4.69) is 27.4 Å². The first-order valence-corrected chi connectivity index (χ1v) is 10.7. The summed E-state index contributed by atoms with van der Waals surface area (Å²) in [5.41, 5.74) is 1.46. The summed E-state index contributed by atoms with van der Waals surface area (Å²) in [4.78, 5) is 13.1. The Kier molecular flexibility index (Phi) is 7.51. The van der Waals surface area contributed by atoms with Crippen LogP contribution in [-0.2, 0) is 4.79 Å². The maximum absolute atomic E-state index is 13.1. The normalized spacial score (nSPS) is 11.5. The Balaban J connectivity index is 1.80. The lowest BCUT2D eigenvalue weighted by molar-refractivity contribution is -0.115. The molecule has 1 unspecified atom stereocenters. The number of hydrogen-bond donors (Lipinski definition) is 2. The Bertz CT molecular complexity index is 982. The molecule has 6 nitrogen and oxygen atoms in total. The zero-order valence-corrected chi connectivity index (χ0v) is 18.0. The maximum Gasteiger partial charge on any atom is 0.242 e. The predicted octanol–water partition coefficient (Wildman–Crippen LogP) is 5.27. The van der Waals surface area contributed by atoms with Crippen LogP contribution < -0.4 is 15.4 Å². The quantitative estimate of drug-likeness (QED) is 0.344. The van der Waals surface area contributed by atoms with Crippen LogP contribution in [0.2, 0.25) is 5.02 Å². The summed E-state index contributed by atoms with van der Waals surface area (Å²) in [6.45, 7) is 4.27. The van der Waals surface area contributed by atoms with Gasteiger partial charge in [-0.25, -0.2) is 0 Å². The molecule has 0 radical (unpaired) electrons. The van der Waals surface area contributed by atoms with Crippen LogP contribution in [0, 0.1) is 0 Å². The molecule has 0 bridgehead atoms. The van der Waals surface area contributed by atoms with Crippen molar-refractivity contribution in [3.8, 4) is 5.75 Å². The van der Waals surface area contributed by atoms with Gasteiger partial charge in [0.05, 0.1) is 12.1 Å². The summed E-state index contributed by atoms with van der Waals surface area (Å²) in [5, 5.41) is 14.9. The number of carbonyl (C=O) groups excluding carboxylic acids is 1. The summed E-state index contributed by atoms with van der Waals surface area (Å²) in [6, 6.07) is 14.7. The Hall–Kier alpha value is -2.55. The first-order chi connectivity index (χ1) is 14.1. The van der Waals surface area contributed by atoms with Crippen LogP contribution in [0.15, 0.2) is 65.5 Å². The number of thioether (sulfide) groups is 1. The number of halogens is 1. The van der Waals surface area contributed by atoms with Crippen molar-refractivity contribution < 1.29 is 9.53 Å². The van der Waals surface area contributed by atoms with Crippen LogP contribution >= 0.6 is 34.7 Å². The van der Waals surface area contributed by atoms with Crippen molar-refractivity contribution in [1.82, 2.24) is 10.2 Å². The van der Waals surface area contributed by atoms with Crippen LogP contribution in [0.5, 0.6) is 5.75 Å². The summed E-state index contributed by atoms with van der Waals surface area (Å²) < 4.78 is 5.84. The highest BCUT2D eigenvalue weighted by Gasteiger charge is 2.24. The summed E-state index contributed by atoms with van der Waals surface area (Å²) in [5.74, 6) is 0.366. The Morgan fingerprint density at radius 3 is 2.79 bits per heavy atom. The molecule has 3 aromatic rings. The van der Waals surface area contributed by atoms with E-state index in [1.165, 1.54) is 23.1 Å². The lowest BCUT2D eigenvalue weighted by atomic mass is 10.1. The fraction of sp³-hybridized carbons (Fsp3) is 0.150. The first kappa shape index (κ1) is 21.2. The number of hydrogen-bond acceptors (Lipinski definition) is 7. The number of ether oxygens (including phenoxy) is 1. The van der Waals surface area contributed by atoms with Gasteiger partial charge in [-0.2, -0.15) is 0 Å². The Labute approximate surface area is 182 Å². The van der Waals surface area contributed by atoms with Gasteiger partial charge in [0, 0.05) is 12.2 Å². The highest BCUT2D eigenvalue weighted by atomic mass is 35.5. The van der Waals surface area contributed by atoms with E-state index < -0.39 is 5.25 Å². The van der Waals surface area contributed by atoms with Crippen LogP contribution in [-0.4, -0.2) is 29.8 Å². The zero-order valence-electron chi connectivity index (χ0n) is 15.6. The molecule has 1 aromatic heterocycles. The average Bonchev–Trinajstić information content (AvgIpc) is 3.18. The van der Waals surface area contributed by atoms with Gasteiger partial charge < -0.3 is 15.4 Å². The number of aromatic nitrogens is 2. The van der Waals surface area contributed by atoms with Gasteiger partial charge in [-0.1, -0.05) is 71.1 Å². The number of anilines is 2. The number of amides is 1. The molecule has 3 rings (SSSR count). The van der Waals surface area contributed by atoms with E-state index >= 15 is 0 Å². The molecule has 0 saturated carbocycles. The number of carbonyl (C=O) groups is 1. The molecule has 0 spiro atoms. The fourth-order valence-corrected chi connectivity index (χ4v) is 4.65. The van der Waals surface area contributed by atoms with Gasteiger partial charge in [0.1, 0.15) is 11.0 Å². The molecule has 29 heavy (non-hydrogen) atoms. The summed E-state index contributed by atoms with van der Waals surface area (Å²) >= 11 is 8.91. The van der Waals surface area contributed by atoms with Gasteiger partial charge in [0.25, 0.3) is 0 Å². The van der Waals surface area contributed by atoms with Crippen LogP contribution in [0.4, 0.5) is 10.8 Å². The average molecular weight is 447 g/mol. The van der Waals surface area contributed by atoms with Gasteiger partial charge in [-0.15, -0.1) is 16.8 Å². The molecule has 2 aromatic carbocycles. The van der Waals surface area contributed by atoms with Crippen molar-refractivity contribution in [3.63, 3.8) is 0 Å². The van der Waals surface area contributed by atoms with Crippen LogP contribution in [0.25, 0.3) is 0 Å². The van der Waals surface area contributed by atoms with Crippen molar-refractivity contribution in [2.75, 3.05) is 24.3 Å². The van der Waals surface area contributed by atoms with E-state index in [1.54, 1.807) is 31.4 Å². The minimum atomic E-state index is -0.503. The molecule has 1 amide bonds. The summed E-state index contributed by atoms with van der Waals surface area (Å²) in [7, 11) is 1.54. The standard InChI is InChI=1S/C20H19ClN4O2S2/c1-3-11-22-19-24-25-20(29-19)28-17(13-7-5-4-6-8-13)18(26)23-14-9-10-16(27-2)15(21)12-14/h3-10,12,17H,1,11H2,2H3,(H,22,24)(H,23,26). The first-order valence-electron chi connectivity index (χ1n) is 8.65. The third kappa shape index (κ3) is 5.72. The molecule has 150 valence electrons. The Morgan fingerprint density at radius 2 is 2.10 bits per heavy atom. The van der Waals surface area contributed by atoms with E-state index in [4.69, 9.17) is 16.3 Å². The molecule has 0 aliphatic carbocycles. The fourth-order valence-electron chi connectivity index (χ4n) is 2.44. The lowest BCUT2D eigenvalue weighted by Gasteiger charge is -2.16. The van der Waals surface area contributed by atoms with Crippen molar-refractivity contribution in [3.05, 3.63) is 71.8 Å². The Morgan fingerprint density at radius 1 is 1.31 bits per heavy atom. The second-order valence-electron chi connectivity index (χ2n) is 5.79. The van der Waals surface area contributed by atoms with E-state index in [1.807, 2.05) is 30.3 Å². The third-order valence-corrected chi connectivity index (χ3v) is 6.30. The molecule has 0 saturated heterocycles. The van der Waals surface area contributed by atoms with Crippen LogP contribution in [0.1, 0.15) is 10.8 Å². The number of nitrogens with zero attached hydrogens (tertiary/aromatic N) is 2. The van der Waals surface area contributed by atoms with E-state index in [-0.39, 0.29) is 5.91 Å². The van der Waals surface area contributed by atoms with E-state index in [9.17, 15) is 4.79 Å². The van der Waals surface area contributed by atoms with Gasteiger partial charge >= 0.3 is 0 Å². The molecule has 2 N–H and O–H groups in total. The highest BCUT2D eigenvalue weighted by Crippen LogP contribution is 2.39. The van der Waals surface area contributed by atoms with Crippen molar-refractivity contribution in [2.45, 2.75) is 9.59 Å². The third-order valence-electron chi connectivity index (χ3n) is 3.78. The molecular formula is C20H19ClN4O2S2. The largest absolute Gasteiger partial charge is 0.495 e. The molecule has 1 atom stereocenters. The lowest BCUT2D eigenvalue weighted by Crippen LogP contribution is -2.19. The van der Waals surface area contributed by atoms with E-state index in [0.717, 1.165) is 5.56 Å². The highest BCUT2D eigenvalue weighted by molar-refractivity contribution is 8.02. The number of nitrogens with one attached hydrogen (secondary N) is 2. The summed E-state index contributed by atoms with van der Waals surface area (Å²) in [6.07, 6.45) is 1.74. The smallest absolute Gasteiger partial charge is 0.242 e. The molecular weight excluding hydrogens is 428 g/mol. The minimum absolute atomic E-state index is 0.182. The second kappa shape index (κ2) is 10.3. The van der Waals surface area contributed by atoms with Crippen molar-refractivity contribution in [2.24, 2.45) is 0 Å².